The van der Waals surface area contributed by atoms with Crippen molar-refractivity contribution in [2.24, 2.45) is 0 Å². The van der Waals surface area contributed by atoms with Crippen LogP contribution in [0.5, 0.6) is 0 Å². The summed E-state index contributed by atoms with van der Waals surface area (Å²) in [4.78, 5) is 15.8. The number of aromatic nitrogens is 1. The number of anilines is 1. The largest absolute Gasteiger partial charge is 0.392 e. The number of nitrogens with zero attached hydrogens (tertiary/aromatic N) is 1. The molecule has 4 nitrogen and oxygen atoms in total. The van der Waals surface area contributed by atoms with Gasteiger partial charge in [-0.15, -0.1) is 0 Å². The molecule has 0 aliphatic rings. The number of carbonyl (C=O) groups excluding carboxylic acids is 1. The smallest absolute Gasteiger partial charge is 0.274 e. The van der Waals surface area contributed by atoms with Crippen LogP contribution in [0.1, 0.15) is 16.1 Å². The Kier molecular flexibility index (Phi) is 3.92. The maximum absolute atomic E-state index is 11.9. The summed E-state index contributed by atoms with van der Waals surface area (Å²) >= 11 is 5.70. The number of hydrogen-bond donors (Lipinski definition) is 2. The lowest BCUT2D eigenvalue weighted by Crippen LogP contribution is -2.14. The van der Waals surface area contributed by atoms with Gasteiger partial charge in [-0.2, -0.15) is 0 Å². The highest BCUT2D eigenvalue weighted by Crippen LogP contribution is 2.16. The molecule has 18 heavy (non-hydrogen) atoms. The van der Waals surface area contributed by atoms with E-state index in [1.165, 1.54) is 6.20 Å². The van der Waals surface area contributed by atoms with Crippen molar-refractivity contribution in [1.29, 1.82) is 0 Å². The van der Waals surface area contributed by atoms with Gasteiger partial charge in [0.2, 0.25) is 0 Å². The molecule has 0 saturated carbocycles. The van der Waals surface area contributed by atoms with E-state index < -0.39 is 0 Å². The highest BCUT2D eigenvalue weighted by atomic mass is 35.5. The third-order valence-corrected chi connectivity index (χ3v) is 2.62. The summed E-state index contributed by atoms with van der Waals surface area (Å²) in [6.45, 7) is -0.134. The lowest BCUT2D eigenvalue weighted by molar-refractivity contribution is 0.102. The Morgan fingerprint density at radius 3 is 2.72 bits per heavy atom. The first kappa shape index (κ1) is 12.5. The predicted molar refractivity (Wildman–Crippen MR) is 69.6 cm³/mol. The molecule has 2 rings (SSSR count). The first-order chi connectivity index (χ1) is 8.70. The lowest BCUT2D eigenvalue weighted by Gasteiger charge is -2.08. The Balaban J connectivity index is 2.18. The third kappa shape index (κ3) is 2.85. The molecule has 0 radical (unpaired) electrons. The SMILES string of the molecule is O=C(Nc1ccccc1CO)c1ccc(Cl)cn1. The summed E-state index contributed by atoms with van der Waals surface area (Å²) in [6, 6.07) is 10.2. The molecular weight excluding hydrogens is 252 g/mol. The highest BCUT2D eigenvalue weighted by Gasteiger charge is 2.09. The second kappa shape index (κ2) is 5.62. The molecule has 1 amide bonds. The third-order valence-electron chi connectivity index (χ3n) is 2.40. The van der Waals surface area contributed by atoms with Crippen molar-refractivity contribution in [2.45, 2.75) is 6.61 Å². The minimum Gasteiger partial charge on any atom is -0.392 e. The number of para-hydroxylation sites is 1. The maximum Gasteiger partial charge on any atom is 0.274 e. The van der Waals surface area contributed by atoms with Crippen LogP contribution in [-0.2, 0) is 6.61 Å². The summed E-state index contributed by atoms with van der Waals surface area (Å²) in [5.41, 5.74) is 1.49. The Morgan fingerprint density at radius 1 is 1.28 bits per heavy atom. The Hall–Kier alpha value is -1.91. The second-order valence-corrected chi connectivity index (χ2v) is 4.07. The van der Waals surface area contributed by atoms with Crippen LogP contribution in [0.15, 0.2) is 42.6 Å². The van der Waals surface area contributed by atoms with Crippen LogP contribution in [0.4, 0.5) is 5.69 Å². The molecule has 0 spiro atoms. The van der Waals surface area contributed by atoms with Gasteiger partial charge in [0.1, 0.15) is 5.69 Å². The van der Waals surface area contributed by atoms with E-state index in [1.807, 2.05) is 0 Å². The quantitative estimate of drug-likeness (QED) is 0.893. The molecule has 0 bridgehead atoms. The summed E-state index contributed by atoms with van der Waals surface area (Å²) in [5.74, 6) is -0.340. The molecule has 1 aromatic carbocycles. The number of aliphatic hydroxyl groups excluding tert-OH is 1. The average Bonchev–Trinajstić information content (AvgIpc) is 2.40. The molecule has 0 fully saturated rings. The molecule has 0 unspecified atom stereocenters. The Bertz CT molecular complexity index is 555. The first-order valence-corrected chi connectivity index (χ1v) is 5.70. The fraction of sp³-hybridized carbons (Fsp3) is 0.0769. The van der Waals surface area contributed by atoms with E-state index in [-0.39, 0.29) is 18.2 Å². The van der Waals surface area contributed by atoms with Crippen molar-refractivity contribution in [1.82, 2.24) is 4.98 Å². The van der Waals surface area contributed by atoms with Crippen LogP contribution in [0, 0.1) is 0 Å². The molecule has 1 heterocycles. The van der Waals surface area contributed by atoms with Gasteiger partial charge in [-0.1, -0.05) is 29.8 Å². The zero-order chi connectivity index (χ0) is 13.0. The van der Waals surface area contributed by atoms with Crippen molar-refractivity contribution in [3.8, 4) is 0 Å². The van der Waals surface area contributed by atoms with E-state index >= 15 is 0 Å². The molecule has 0 saturated heterocycles. The molecule has 0 aliphatic heterocycles. The monoisotopic (exact) mass is 262 g/mol. The standard InChI is InChI=1S/C13H11ClN2O2/c14-10-5-6-12(15-7-10)13(18)16-11-4-2-1-3-9(11)8-17/h1-7,17H,8H2,(H,16,18). The van der Waals surface area contributed by atoms with E-state index in [4.69, 9.17) is 16.7 Å². The van der Waals surface area contributed by atoms with Crippen molar-refractivity contribution >= 4 is 23.2 Å². The highest BCUT2D eigenvalue weighted by molar-refractivity contribution is 6.30. The summed E-state index contributed by atoms with van der Waals surface area (Å²) in [5, 5.41) is 12.3. The van der Waals surface area contributed by atoms with Gasteiger partial charge in [-0.25, -0.2) is 4.98 Å². The zero-order valence-electron chi connectivity index (χ0n) is 9.43. The second-order valence-electron chi connectivity index (χ2n) is 3.63. The van der Waals surface area contributed by atoms with Crippen LogP contribution >= 0.6 is 11.6 Å². The van der Waals surface area contributed by atoms with Gasteiger partial charge < -0.3 is 10.4 Å². The van der Waals surface area contributed by atoms with Crippen molar-refractivity contribution in [2.75, 3.05) is 5.32 Å². The molecular formula is C13H11ClN2O2. The predicted octanol–water partition coefficient (Wildman–Crippen LogP) is 2.48. The number of nitrogens with one attached hydrogen (secondary N) is 1. The van der Waals surface area contributed by atoms with Gasteiger partial charge in [0.25, 0.3) is 5.91 Å². The van der Waals surface area contributed by atoms with E-state index in [0.717, 1.165) is 0 Å². The number of rotatable bonds is 3. The van der Waals surface area contributed by atoms with Crippen LogP contribution in [0.3, 0.4) is 0 Å². The Morgan fingerprint density at radius 2 is 2.06 bits per heavy atom. The van der Waals surface area contributed by atoms with Gasteiger partial charge in [-0.3, -0.25) is 4.79 Å². The number of benzene rings is 1. The number of amides is 1. The maximum atomic E-state index is 11.9. The van der Waals surface area contributed by atoms with Crippen LogP contribution in [0.25, 0.3) is 0 Å². The number of halogens is 1. The van der Waals surface area contributed by atoms with E-state index in [2.05, 4.69) is 10.3 Å². The molecule has 0 aliphatic carbocycles. The minimum atomic E-state index is -0.340. The van der Waals surface area contributed by atoms with Crippen molar-refractivity contribution in [3.05, 3.63) is 58.9 Å². The van der Waals surface area contributed by atoms with Crippen molar-refractivity contribution < 1.29 is 9.90 Å². The molecule has 92 valence electrons. The molecule has 0 atom stereocenters. The first-order valence-electron chi connectivity index (χ1n) is 5.32. The number of hydrogen-bond acceptors (Lipinski definition) is 3. The summed E-state index contributed by atoms with van der Waals surface area (Å²) in [6.07, 6.45) is 1.41. The topological polar surface area (TPSA) is 62.2 Å². The van der Waals surface area contributed by atoms with Crippen LogP contribution in [-0.4, -0.2) is 16.0 Å². The fourth-order valence-electron chi connectivity index (χ4n) is 1.48. The normalized spacial score (nSPS) is 10.1. The van der Waals surface area contributed by atoms with E-state index in [9.17, 15) is 4.79 Å². The molecule has 2 N–H and O–H groups in total. The van der Waals surface area contributed by atoms with Crippen LogP contribution in [0.2, 0.25) is 5.02 Å². The molecule has 1 aromatic heterocycles. The lowest BCUT2D eigenvalue weighted by atomic mass is 10.2. The van der Waals surface area contributed by atoms with Gasteiger partial charge in [0, 0.05) is 17.4 Å². The van der Waals surface area contributed by atoms with Gasteiger partial charge in [0.15, 0.2) is 0 Å². The van der Waals surface area contributed by atoms with Crippen LogP contribution < -0.4 is 5.32 Å². The van der Waals surface area contributed by atoms with E-state index in [0.29, 0.717) is 16.3 Å². The number of aliphatic hydroxyl groups is 1. The number of carbonyl (C=O) groups is 1. The van der Waals surface area contributed by atoms with E-state index in [1.54, 1.807) is 36.4 Å². The molecule has 2 aromatic rings. The van der Waals surface area contributed by atoms with Gasteiger partial charge in [-0.05, 0) is 18.2 Å². The average molecular weight is 263 g/mol. The van der Waals surface area contributed by atoms with Crippen molar-refractivity contribution in [3.63, 3.8) is 0 Å². The summed E-state index contributed by atoms with van der Waals surface area (Å²) in [7, 11) is 0. The summed E-state index contributed by atoms with van der Waals surface area (Å²) < 4.78 is 0. The number of pyridine rings is 1. The fourth-order valence-corrected chi connectivity index (χ4v) is 1.59. The zero-order valence-corrected chi connectivity index (χ0v) is 10.2. The minimum absolute atomic E-state index is 0.134. The van der Waals surface area contributed by atoms with Gasteiger partial charge in [0.05, 0.1) is 11.6 Å². The van der Waals surface area contributed by atoms with Gasteiger partial charge >= 0.3 is 0 Å². The Labute approximate surface area is 109 Å². The molecule has 5 heteroatoms.